The van der Waals surface area contributed by atoms with Crippen molar-refractivity contribution in [2.24, 2.45) is 23.7 Å². The average Bonchev–Trinajstić information content (AvgIpc) is 3.37. The fourth-order valence-electron chi connectivity index (χ4n) is 11.7. The van der Waals surface area contributed by atoms with E-state index in [1.807, 2.05) is 51.9 Å². The molecule has 0 bridgehead atoms. The molecular formula is C56H89N3O17. The number of carbonyl (C=O) groups is 4. The number of Topliss-reactive ketones (excluding diaryl/α,β-unsaturated/α-hetero) is 1. The van der Waals surface area contributed by atoms with Crippen LogP contribution in [-0.2, 0) is 65.2 Å². The Morgan fingerprint density at radius 1 is 0.895 bits per heavy atom. The highest BCUT2D eigenvalue weighted by Crippen LogP contribution is 2.42. The van der Waals surface area contributed by atoms with Crippen molar-refractivity contribution in [1.82, 2.24) is 14.8 Å². The van der Waals surface area contributed by atoms with Gasteiger partial charge >= 0.3 is 17.9 Å². The van der Waals surface area contributed by atoms with Gasteiger partial charge in [-0.05, 0) is 119 Å². The van der Waals surface area contributed by atoms with Crippen molar-refractivity contribution in [1.29, 1.82) is 0 Å². The first-order chi connectivity index (χ1) is 35.6. The van der Waals surface area contributed by atoms with Crippen molar-refractivity contribution in [2.45, 2.75) is 212 Å². The van der Waals surface area contributed by atoms with Gasteiger partial charge in [0.1, 0.15) is 34.8 Å². The Morgan fingerprint density at radius 2 is 1.55 bits per heavy atom. The van der Waals surface area contributed by atoms with E-state index < -0.39 is 119 Å². The molecule has 0 amide bonds. The Kier molecular flexibility index (Phi) is 21.8. The normalized spacial score (nSPS) is 37.2. The van der Waals surface area contributed by atoms with E-state index >= 15 is 0 Å². The third-order valence-electron chi connectivity index (χ3n) is 16.5. The molecule has 0 unspecified atom stereocenters. The van der Waals surface area contributed by atoms with E-state index in [1.54, 1.807) is 52.2 Å². The number of cyclic esters (lactones) is 1. The molecule has 4 heterocycles. The number of hydrogen-bond acceptors (Lipinski definition) is 18. The number of hydrogen-bond donors (Lipinski definition) is 5. The number of esters is 2. The number of aromatic carboxylic acids is 1. The predicted molar refractivity (Wildman–Crippen MR) is 282 cm³/mol. The summed E-state index contributed by atoms with van der Waals surface area (Å²) in [4.78, 5) is 68.9. The van der Waals surface area contributed by atoms with Crippen LogP contribution in [0.3, 0.4) is 0 Å². The van der Waals surface area contributed by atoms with Crippen LogP contribution in [0.1, 0.15) is 131 Å². The molecule has 0 aliphatic carbocycles. The molecule has 20 heteroatoms. The maximum absolute atomic E-state index is 14.6. The van der Waals surface area contributed by atoms with Gasteiger partial charge in [0, 0.05) is 69.1 Å². The van der Waals surface area contributed by atoms with Crippen LogP contribution in [0.5, 0.6) is 0 Å². The maximum atomic E-state index is 14.6. The second-order valence-corrected chi connectivity index (χ2v) is 22.5. The van der Waals surface area contributed by atoms with E-state index in [9.17, 15) is 44.4 Å². The molecule has 0 spiro atoms. The summed E-state index contributed by atoms with van der Waals surface area (Å²) in [6.45, 7) is 20.2. The molecule has 20 nitrogen and oxygen atoms in total. The zero-order chi connectivity index (χ0) is 56.8. The van der Waals surface area contributed by atoms with Crippen LogP contribution in [0.25, 0.3) is 10.9 Å². The number of nitrogens with zero attached hydrogens (tertiary/aromatic N) is 2. The lowest BCUT2D eigenvalue weighted by atomic mass is 9.74. The number of nitrogens with one attached hydrogen (secondary N) is 1. The number of carboxylic acids is 1. The zero-order valence-electron chi connectivity index (χ0n) is 47.5. The van der Waals surface area contributed by atoms with Crippen LogP contribution in [0.2, 0.25) is 0 Å². The molecule has 18 atom stereocenters. The molecule has 3 aliphatic heterocycles. The molecule has 3 fully saturated rings. The number of ether oxygens (including phenoxy) is 8. The smallest absolute Gasteiger partial charge is 0.341 e. The number of rotatable bonds is 18. The summed E-state index contributed by atoms with van der Waals surface area (Å²) in [5, 5.41) is 48.5. The van der Waals surface area contributed by atoms with Crippen molar-refractivity contribution in [3.63, 3.8) is 0 Å². The van der Waals surface area contributed by atoms with Gasteiger partial charge in [-0.25, -0.2) is 4.79 Å². The SMILES string of the molecule is CC[C@H]1OC(=O)[C@H](C)[C@@H](O[C@H]2C[C@@](C)(OC)[C@@H](OC(=O)CCNCCCc3ccc4c(c3)c(=O)c(C(=O)O)cn4CC)[C@H](C)O2)[C@H](C)[C@@H](O[C@@H]2O[C@H](C)C[C@H](N(C)C)[C@H]2O)[C@](C)(OC)C[C@@H](C)C(=O)[C@H](C)[C@@H](O)[C@]1(C)O. The molecule has 0 radical (unpaired) electrons. The molecule has 1 aromatic carbocycles. The monoisotopic (exact) mass is 1080 g/mol. The van der Waals surface area contributed by atoms with Crippen LogP contribution >= 0.6 is 0 Å². The zero-order valence-corrected chi connectivity index (χ0v) is 47.5. The van der Waals surface area contributed by atoms with Gasteiger partial charge in [-0.1, -0.05) is 33.8 Å². The number of benzene rings is 1. The van der Waals surface area contributed by atoms with E-state index in [0.29, 0.717) is 49.8 Å². The molecule has 3 saturated heterocycles. The topological polar surface area (TPSA) is 260 Å². The number of aromatic nitrogens is 1. The lowest BCUT2D eigenvalue weighted by Gasteiger charge is -2.50. The van der Waals surface area contributed by atoms with Crippen molar-refractivity contribution in [2.75, 3.05) is 41.4 Å². The number of aliphatic hydroxyl groups excluding tert-OH is 2. The minimum atomic E-state index is -2.03. The third-order valence-corrected chi connectivity index (χ3v) is 16.5. The van der Waals surface area contributed by atoms with Gasteiger partial charge in [0.15, 0.2) is 18.7 Å². The molecule has 0 saturated carbocycles. The van der Waals surface area contributed by atoms with Crippen LogP contribution in [-0.4, -0.2) is 179 Å². The summed E-state index contributed by atoms with van der Waals surface area (Å²) < 4.78 is 53.0. The van der Waals surface area contributed by atoms with Crippen LogP contribution in [0.15, 0.2) is 29.2 Å². The van der Waals surface area contributed by atoms with Gasteiger partial charge < -0.3 is 73.1 Å². The summed E-state index contributed by atoms with van der Waals surface area (Å²) in [7, 11) is 6.72. The predicted octanol–water partition coefficient (Wildman–Crippen LogP) is 4.64. The van der Waals surface area contributed by atoms with Gasteiger partial charge in [0.05, 0.1) is 54.0 Å². The van der Waals surface area contributed by atoms with Crippen LogP contribution in [0.4, 0.5) is 0 Å². The van der Waals surface area contributed by atoms with Gasteiger partial charge in [0.2, 0.25) is 5.43 Å². The Labute approximate surface area is 448 Å². The first-order valence-electron chi connectivity index (χ1n) is 27.1. The summed E-state index contributed by atoms with van der Waals surface area (Å²) in [5.74, 6) is -6.60. The minimum absolute atomic E-state index is 0.0333. The lowest BCUT2D eigenvalue weighted by molar-refractivity contribution is -0.320. The fourth-order valence-corrected chi connectivity index (χ4v) is 11.7. The number of carbonyl (C=O) groups excluding carboxylic acids is 3. The fraction of sp³-hybridized carbons (Fsp3) is 0.768. The highest BCUT2D eigenvalue weighted by molar-refractivity contribution is 5.92. The van der Waals surface area contributed by atoms with Gasteiger partial charge in [-0.3, -0.25) is 19.2 Å². The number of ketones is 1. The first-order valence-corrected chi connectivity index (χ1v) is 27.1. The van der Waals surface area contributed by atoms with E-state index in [1.165, 1.54) is 34.3 Å². The Morgan fingerprint density at radius 3 is 2.16 bits per heavy atom. The number of fused-ring (bicyclic) bond motifs is 1. The molecule has 76 heavy (non-hydrogen) atoms. The third kappa shape index (κ3) is 14.1. The lowest BCUT2D eigenvalue weighted by Crippen LogP contribution is -2.61. The number of carboxylic acid groups (broad SMARTS) is 1. The number of aryl methyl sites for hydroxylation is 2. The van der Waals surface area contributed by atoms with Crippen molar-refractivity contribution in [3.05, 3.63) is 45.7 Å². The average molecular weight is 1080 g/mol. The van der Waals surface area contributed by atoms with E-state index in [2.05, 4.69) is 5.32 Å². The van der Waals surface area contributed by atoms with Crippen molar-refractivity contribution in [3.8, 4) is 0 Å². The van der Waals surface area contributed by atoms with Crippen LogP contribution < -0.4 is 10.7 Å². The van der Waals surface area contributed by atoms with Crippen molar-refractivity contribution >= 4 is 34.6 Å². The van der Waals surface area contributed by atoms with Crippen molar-refractivity contribution < 1.29 is 77.5 Å². The summed E-state index contributed by atoms with van der Waals surface area (Å²) in [5.41, 5.74) is -3.76. The highest BCUT2D eigenvalue weighted by atomic mass is 16.7. The number of aliphatic hydroxyl groups is 3. The number of pyridine rings is 1. The molecule has 5 rings (SSSR count). The van der Waals surface area contributed by atoms with Gasteiger partial charge in [-0.2, -0.15) is 0 Å². The van der Waals surface area contributed by atoms with Gasteiger partial charge in [-0.15, -0.1) is 0 Å². The molecular weight excluding hydrogens is 987 g/mol. The number of methoxy groups -OCH3 is 2. The molecule has 2 aromatic rings. The Hall–Kier alpha value is -3.93. The molecule has 3 aliphatic rings. The highest BCUT2D eigenvalue weighted by Gasteiger charge is 2.55. The summed E-state index contributed by atoms with van der Waals surface area (Å²) in [6.07, 6.45) is -6.89. The van der Waals surface area contributed by atoms with Gasteiger partial charge in [0.25, 0.3) is 0 Å². The standard InChI is InChI=1S/C56H89N3O17/c1-16-41-56(11,68)48(64)32(5)44(61)30(3)27-54(9,69-14)49(76-53-46(63)40(58(12)13)25-31(4)71-53)33(6)47(34(7)52(67)73-41)75-43-28-55(10,70-15)50(35(8)72-43)74-42(60)22-24-57-23-18-19-36-20-21-39-37(26-36)45(62)38(51(65)66)29-59(39)17-2/h20-21,26,29-35,40-41,43,46-50,53,57,63-64,68H,16-19,22-25,27-28H2,1-15H3,(H,65,66)/t30-,31-,32+,33+,34-,35+,40+,41-,43+,46-,47+,48-,49-,50+,53+,54-,55-,56-/m1/s1. The molecule has 5 N–H and O–H groups in total. The Bertz CT molecular complexity index is 2360. The van der Waals surface area contributed by atoms with E-state index in [-0.39, 0.29) is 49.2 Å². The Balaban J connectivity index is 1.35. The summed E-state index contributed by atoms with van der Waals surface area (Å²) >= 11 is 0. The summed E-state index contributed by atoms with van der Waals surface area (Å²) in [6, 6.07) is 5.17. The quantitative estimate of drug-likeness (QED) is 0.101. The largest absolute Gasteiger partial charge is 0.477 e. The van der Waals surface area contributed by atoms with E-state index in [0.717, 1.165) is 5.56 Å². The second-order valence-electron chi connectivity index (χ2n) is 22.5. The number of likely N-dealkylation sites (N-methyl/N-ethyl adjacent to an activating group) is 1. The van der Waals surface area contributed by atoms with E-state index in [4.69, 9.17) is 37.9 Å². The minimum Gasteiger partial charge on any atom is -0.477 e. The molecule has 430 valence electrons. The first kappa shape index (κ1) is 62.9. The molecule has 1 aromatic heterocycles. The maximum Gasteiger partial charge on any atom is 0.341 e. The van der Waals surface area contributed by atoms with Crippen LogP contribution in [0, 0.1) is 23.7 Å². The second kappa shape index (κ2) is 26.4.